The standard InChI is InChI=1S/C13H24N2O4/c1-8(2)11(13(17)18)15-5-6-19-7-10(15)12(16)14-9(3)4/h8-11H,5-7H2,1-4H3,(H,14,16)(H,17,18). The molecule has 0 radical (unpaired) electrons. The van der Waals surface area contributed by atoms with Gasteiger partial charge in [0.25, 0.3) is 0 Å². The Labute approximate surface area is 114 Å². The third kappa shape index (κ3) is 4.18. The number of carboxylic acids is 1. The minimum Gasteiger partial charge on any atom is -0.480 e. The molecule has 1 heterocycles. The fourth-order valence-electron chi connectivity index (χ4n) is 2.37. The van der Waals surface area contributed by atoms with Crippen LogP contribution in [-0.2, 0) is 14.3 Å². The van der Waals surface area contributed by atoms with Crippen LogP contribution in [-0.4, -0.2) is 59.8 Å². The van der Waals surface area contributed by atoms with Gasteiger partial charge in [0.15, 0.2) is 0 Å². The van der Waals surface area contributed by atoms with Crippen molar-refractivity contribution in [3.8, 4) is 0 Å². The monoisotopic (exact) mass is 272 g/mol. The number of ether oxygens (including phenoxy) is 1. The van der Waals surface area contributed by atoms with Gasteiger partial charge in [-0.15, -0.1) is 0 Å². The molecule has 0 aromatic rings. The van der Waals surface area contributed by atoms with E-state index in [9.17, 15) is 14.7 Å². The maximum absolute atomic E-state index is 12.1. The molecule has 0 spiro atoms. The van der Waals surface area contributed by atoms with Crippen molar-refractivity contribution in [2.24, 2.45) is 5.92 Å². The smallest absolute Gasteiger partial charge is 0.321 e. The topological polar surface area (TPSA) is 78.9 Å². The molecule has 2 unspecified atom stereocenters. The quantitative estimate of drug-likeness (QED) is 0.753. The Balaban J connectivity index is 2.87. The Morgan fingerprint density at radius 2 is 1.95 bits per heavy atom. The van der Waals surface area contributed by atoms with Crippen molar-refractivity contribution in [2.45, 2.75) is 45.8 Å². The maximum Gasteiger partial charge on any atom is 0.321 e. The van der Waals surface area contributed by atoms with Crippen LogP contribution in [0.25, 0.3) is 0 Å². The minimum absolute atomic E-state index is 0.0265. The predicted molar refractivity (Wildman–Crippen MR) is 70.9 cm³/mol. The Kier molecular flexibility index (Phi) is 5.75. The van der Waals surface area contributed by atoms with Crippen LogP contribution in [0.1, 0.15) is 27.7 Å². The molecule has 0 aliphatic carbocycles. The van der Waals surface area contributed by atoms with Gasteiger partial charge in [-0.3, -0.25) is 14.5 Å². The summed E-state index contributed by atoms with van der Waals surface area (Å²) in [5.74, 6) is -1.12. The highest BCUT2D eigenvalue weighted by atomic mass is 16.5. The van der Waals surface area contributed by atoms with Crippen molar-refractivity contribution in [1.29, 1.82) is 0 Å². The van der Waals surface area contributed by atoms with Gasteiger partial charge in [0.1, 0.15) is 12.1 Å². The number of morpholine rings is 1. The molecule has 0 aromatic carbocycles. The number of aliphatic carboxylic acids is 1. The first-order chi connectivity index (χ1) is 8.84. The lowest BCUT2D eigenvalue weighted by Crippen LogP contribution is -2.60. The summed E-state index contributed by atoms with van der Waals surface area (Å²) >= 11 is 0. The zero-order valence-electron chi connectivity index (χ0n) is 12.0. The second kappa shape index (κ2) is 6.86. The van der Waals surface area contributed by atoms with Gasteiger partial charge in [-0.1, -0.05) is 13.8 Å². The number of carbonyl (C=O) groups is 2. The summed E-state index contributed by atoms with van der Waals surface area (Å²) in [4.78, 5) is 25.3. The molecule has 6 nitrogen and oxygen atoms in total. The molecule has 110 valence electrons. The molecule has 6 heteroatoms. The van der Waals surface area contributed by atoms with Crippen LogP contribution < -0.4 is 5.32 Å². The summed E-state index contributed by atoms with van der Waals surface area (Å²) in [5, 5.41) is 12.2. The highest BCUT2D eigenvalue weighted by Crippen LogP contribution is 2.18. The first-order valence-corrected chi connectivity index (χ1v) is 6.71. The number of hydrogen-bond donors (Lipinski definition) is 2. The molecule has 1 fully saturated rings. The highest BCUT2D eigenvalue weighted by molar-refractivity contribution is 5.83. The number of carboxylic acid groups (broad SMARTS) is 1. The van der Waals surface area contributed by atoms with E-state index in [4.69, 9.17) is 4.74 Å². The van der Waals surface area contributed by atoms with Gasteiger partial charge < -0.3 is 15.2 Å². The highest BCUT2D eigenvalue weighted by Gasteiger charge is 2.39. The van der Waals surface area contributed by atoms with Crippen LogP contribution in [0.4, 0.5) is 0 Å². The molecule has 1 rings (SSSR count). The normalized spacial score (nSPS) is 22.5. The number of nitrogens with one attached hydrogen (secondary N) is 1. The van der Waals surface area contributed by atoms with Gasteiger partial charge in [0, 0.05) is 12.6 Å². The van der Waals surface area contributed by atoms with Gasteiger partial charge in [-0.05, 0) is 19.8 Å². The molecular formula is C13H24N2O4. The Morgan fingerprint density at radius 3 is 2.42 bits per heavy atom. The van der Waals surface area contributed by atoms with Gasteiger partial charge in [-0.25, -0.2) is 0 Å². The van der Waals surface area contributed by atoms with E-state index < -0.39 is 18.1 Å². The Morgan fingerprint density at radius 1 is 1.32 bits per heavy atom. The van der Waals surface area contributed by atoms with Crippen molar-refractivity contribution >= 4 is 11.9 Å². The molecule has 1 aliphatic rings. The zero-order chi connectivity index (χ0) is 14.6. The molecule has 0 bridgehead atoms. The molecule has 2 atom stereocenters. The molecule has 0 saturated carbocycles. The first kappa shape index (κ1) is 15.9. The van der Waals surface area contributed by atoms with Crippen LogP contribution in [0.5, 0.6) is 0 Å². The van der Waals surface area contributed by atoms with Crippen molar-refractivity contribution in [2.75, 3.05) is 19.8 Å². The Hall–Kier alpha value is -1.14. The fraction of sp³-hybridized carbons (Fsp3) is 0.846. The van der Waals surface area contributed by atoms with E-state index in [1.54, 1.807) is 4.90 Å². The molecule has 1 saturated heterocycles. The average molecular weight is 272 g/mol. The summed E-state index contributed by atoms with van der Waals surface area (Å²) in [7, 11) is 0. The molecule has 0 aromatic heterocycles. The third-order valence-electron chi connectivity index (χ3n) is 3.15. The van der Waals surface area contributed by atoms with Gasteiger partial charge in [0.05, 0.1) is 13.2 Å². The van der Waals surface area contributed by atoms with Gasteiger partial charge in [0.2, 0.25) is 5.91 Å². The number of amides is 1. The predicted octanol–water partition coefficient (Wildman–Crippen LogP) is 0.321. The van der Waals surface area contributed by atoms with Crippen LogP contribution in [0.2, 0.25) is 0 Å². The van der Waals surface area contributed by atoms with Crippen LogP contribution in [0.15, 0.2) is 0 Å². The molecule has 19 heavy (non-hydrogen) atoms. The molecule has 2 N–H and O–H groups in total. The lowest BCUT2D eigenvalue weighted by molar-refractivity contribution is -0.153. The lowest BCUT2D eigenvalue weighted by Gasteiger charge is -2.39. The van der Waals surface area contributed by atoms with E-state index in [-0.39, 0.29) is 24.5 Å². The van der Waals surface area contributed by atoms with E-state index in [0.29, 0.717) is 13.2 Å². The van der Waals surface area contributed by atoms with Gasteiger partial charge >= 0.3 is 5.97 Å². The molecular weight excluding hydrogens is 248 g/mol. The summed E-state index contributed by atoms with van der Waals surface area (Å²) in [6.07, 6.45) is 0. The number of rotatable bonds is 5. The van der Waals surface area contributed by atoms with Gasteiger partial charge in [-0.2, -0.15) is 0 Å². The fourth-order valence-corrected chi connectivity index (χ4v) is 2.37. The number of nitrogens with zero attached hydrogens (tertiary/aromatic N) is 1. The first-order valence-electron chi connectivity index (χ1n) is 6.71. The average Bonchev–Trinajstić information content (AvgIpc) is 2.27. The number of carbonyl (C=O) groups excluding carboxylic acids is 1. The second-order valence-electron chi connectivity index (χ2n) is 5.52. The van der Waals surface area contributed by atoms with Crippen LogP contribution in [0, 0.1) is 5.92 Å². The van der Waals surface area contributed by atoms with E-state index in [0.717, 1.165) is 0 Å². The van der Waals surface area contributed by atoms with Crippen molar-refractivity contribution < 1.29 is 19.4 Å². The van der Waals surface area contributed by atoms with E-state index in [1.807, 2.05) is 27.7 Å². The lowest BCUT2D eigenvalue weighted by atomic mass is 9.99. The Bertz CT molecular complexity index is 331. The molecule has 1 amide bonds. The summed E-state index contributed by atoms with van der Waals surface area (Å²) in [5.41, 5.74) is 0. The van der Waals surface area contributed by atoms with Crippen LogP contribution in [0.3, 0.4) is 0 Å². The zero-order valence-corrected chi connectivity index (χ0v) is 12.0. The molecule has 1 aliphatic heterocycles. The summed E-state index contributed by atoms with van der Waals surface area (Å²) in [6, 6.07) is -1.16. The maximum atomic E-state index is 12.1. The van der Waals surface area contributed by atoms with E-state index in [1.165, 1.54) is 0 Å². The number of hydrogen-bond acceptors (Lipinski definition) is 4. The summed E-state index contributed by atoms with van der Waals surface area (Å²) < 4.78 is 5.33. The van der Waals surface area contributed by atoms with E-state index in [2.05, 4.69) is 5.32 Å². The SMILES string of the molecule is CC(C)NC(=O)C1COCCN1C(C(=O)O)C(C)C. The third-order valence-corrected chi connectivity index (χ3v) is 3.15. The van der Waals surface area contributed by atoms with Crippen molar-refractivity contribution in [3.63, 3.8) is 0 Å². The largest absolute Gasteiger partial charge is 0.480 e. The second-order valence-corrected chi connectivity index (χ2v) is 5.52. The summed E-state index contributed by atoms with van der Waals surface area (Å²) in [6.45, 7) is 8.63. The van der Waals surface area contributed by atoms with E-state index >= 15 is 0 Å². The minimum atomic E-state index is -0.890. The van der Waals surface area contributed by atoms with Crippen molar-refractivity contribution in [1.82, 2.24) is 10.2 Å². The van der Waals surface area contributed by atoms with Crippen molar-refractivity contribution in [3.05, 3.63) is 0 Å². The van der Waals surface area contributed by atoms with Crippen LogP contribution >= 0.6 is 0 Å².